The number of ether oxygens (including phenoxy) is 3. The summed E-state index contributed by atoms with van der Waals surface area (Å²) in [5, 5.41) is 20.0. The molecular formula is C23H25BrN4O5S. The van der Waals surface area contributed by atoms with Crippen LogP contribution in [0.5, 0.6) is 17.2 Å². The molecule has 0 fully saturated rings. The molecule has 0 radical (unpaired) electrons. The minimum atomic E-state index is -0.557. The SMILES string of the molecule is C=CCOc1c(Br)cc([C@H](C[N+](=O)[O-])Sc2nnc(C)n2-c2ccc(OCC)cc2)cc1OC. The van der Waals surface area contributed by atoms with E-state index in [1.807, 2.05) is 42.7 Å². The third-order valence-corrected chi connectivity index (χ3v) is 6.50. The van der Waals surface area contributed by atoms with Crippen molar-refractivity contribution in [1.82, 2.24) is 14.8 Å². The number of nitro groups is 1. The van der Waals surface area contributed by atoms with Crippen molar-refractivity contribution < 1.29 is 19.1 Å². The third-order valence-electron chi connectivity index (χ3n) is 4.73. The summed E-state index contributed by atoms with van der Waals surface area (Å²) in [5.41, 5.74) is 1.52. The second kappa shape index (κ2) is 11.9. The average molecular weight is 549 g/mol. The number of aryl methyl sites for hydroxylation is 1. The summed E-state index contributed by atoms with van der Waals surface area (Å²) in [6.45, 7) is 7.97. The number of hydrogen-bond acceptors (Lipinski definition) is 8. The fourth-order valence-electron chi connectivity index (χ4n) is 3.26. The Morgan fingerprint density at radius 3 is 2.62 bits per heavy atom. The minimum absolute atomic E-state index is 0.297. The van der Waals surface area contributed by atoms with Crippen LogP contribution in [0.1, 0.15) is 23.6 Å². The van der Waals surface area contributed by atoms with Crippen LogP contribution in [0.15, 0.2) is 58.7 Å². The number of hydrogen-bond donors (Lipinski definition) is 0. The van der Waals surface area contributed by atoms with Crippen LogP contribution in [0.2, 0.25) is 0 Å². The van der Waals surface area contributed by atoms with Gasteiger partial charge in [-0.05, 0) is 71.7 Å². The highest BCUT2D eigenvalue weighted by molar-refractivity contribution is 9.10. The van der Waals surface area contributed by atoms with Gasteiger partial charge < -0.3 is 14.2 Å². The highest BCUT2D eigenvalue weighted by Gasteiger charge is 2.26. The van der Waals surface area contributed by atoms with Gasteiger partial charge >= 0.3 is 0 Å². The molecule has 1 aromatic heterocycles. The Balaban J connectivity index is 1.98. The summed E-state index contributed by atoms with van der Waals surface area (Å²) < 4.78 is 19.2. The summed E-state index contributed by atoms with van der Waals surface area (Å²) in [4.78, 5) is 11.2. The van der Waals surface area contributed by atoms with Gasteiger partial charge in [0.25, 0.3) is 0 Å². The molecule has 0 unspecified atom stereocenters. The number of halogens is 1. The van der Waals surface area contributed by atoms with Gasteiger partial charge in [0, 0.05) is 10.6 Å². The Morgan fingerprint density at radius 2 is 2.00 bits per heavy atom. The standard InChI is InChI=1S/C23H25BrN4O5S/c1-5-11-33-22-19(24)12-16(13-20(22)31-4)21(14-27(29)30)34-23-26-25-15(3)28(23)17-7-9-18(10-8-17)32-6-2/h5,7-10,12-13,21H,1,6,11,14H2,2-4H3/t21-/m0/s1. The fourth-order valence-corrected chi connectivity index (χ4v) is 4.98. The summed E-state index contributed by atoms with van der Waals surface area (Å²) >= 11 is 4.76. The molecule has 0 amide bonds. The molecule has 0 N–H and O–H groups in total. The van der Waals surface area contributed by atoms with Gasteiger partial charge in [0.1, 0.15) is 23.4 Å². The van der Waals surface area contributed by atoms with Gasteiger partial charge in [0.05, 0.1) is 18.2 Å². The second-order valence-corrected chi connectivity index (χ2v) is 9.07. The number of aromatic nitrogens is 3. The van der Waals surface area contributed by atoms with Gasteiger partial charge in [0.15, 0.2) is 16.7 Å². The van der Waals surface area contributed by atoms with Crippen molar-refractivity contribution in [3.8, 4) is 22.9 Å². The molecule has 9 nitrogen and oxygen atoms in total. The molecule has 0 aliphatic carbocycles. The highest BCUT2D eigenvalue weighted by atomic mass is 79.9. The van der Waals surface area contributed by atoms with Crippen molar-refractivity contribution in [3.63, 3.8) is 0 Å². The van der Waals surface area contributed by atoms with E-state index in [2.05, 4.69) is 32.7 Å². The zero-order chi connectivity index (χ0) is 24.7. The number of benzene rings is 2. The van der Waals surface area contributed by atoms with Crippen LogP contribution < -0.4 is 14.2 Å². The molecule has 1 atom stereocenters. The maximum Gasteiger partial charge on any atom is 0.220 e. The molecule has 0 aliphatic heterocycles. The molecule has 0 saturated carbocycles. The Hall–Kier alpha value is -3.05. The van der Waals surface area contributed by atoms with Gasteiger partial charge in [0.2, 0.25) is 6.54 Å². The molecule has 3 aromatic rings. The first kappa shape index (κ1) is 25.6. The summed E-state index contributed by atoms with van der Waals surface area (Å²) in [7, 11) is 1.52. The van der Waals surface area contributed by atoms with Crippen LogP contribution in [0, 0.1) is 17.0 Å². The van der Waals surface area contributed by atoms with E-state index in [0.717, 1.165) is 11.4 Å². The van der Waals surface area contributed by atoms with E-state index in [1.165, 1.54) is 18.9 Å². The monoisotopic (exact) mass is 548 g/mol. The third kappa shape index (κ3) is 6.09. The lowest BCUT2D eigenvalue weighted by molar-refractivity contribution is -0.479. The first-order valence-electron chi connectivity index (χ1n) is 10.4. The molecule has 0 aliphatic rings. The van der Waals surface area contributed by atoms with Gasteiger partial charge in [-0.2, -0.15) is 0 Å². The molecule has 0 saturated heterocycles. The number of rotatable bonds is 12. The van der Waals surface area contributed by atoms with Crippen molar-refractivity contribution >= 4 is 27.7 Å². The predicted octanol–water partition coefficient (Wildman–Crippen LogP) is 5.42. The van der Waals surface area contributed by atoms with E-state index in [9.17, 15) is 10.1 Å². The maximum absolute atomic E-state index is 11.5. The molecule has 1 heterocycles. The number of methoxy groups -OCH3 is 1. The zero-order valence-electron chi connectivity index (χ0n) is 19.1. The molecule has 180 valence electrons. The molecule has 11 heteroatoms. The summed E-state index contributed by atoms with van der Waals surface area (Å²) in [5.74, 6) is 2.39. The van der Waals surface area contributed by atoms with Crippen LogP contribution in [0.4, 0.5) is 0 Å². The normalized spacial score (nSPS) is 11.6. The van der Waals surface area contributed by atoms with Gasteiger partial charge in [-0.1, -0.05) is 24.4 Å². The van der Waals surface area contributed by atoms with E-state index in [-0.39, 0.29) is 11.5 Å². The topological polar surface area (TPSA) is 102 Å². The largest absolute Gasteiger partial charge is 0.494 e. The second-order valence-electron chi connectivity index (χ2n) is 7.05. The number of thioether (sulfide) groups is 1. The fraction of sp³-hybridized carbons (Fsp3) is 0.304. The highest BCUT2D eigenvalue weighted by Crippen LogP contribution is 2.43. The smallest absolute Gasteiger partial charge is 0.220 e. The molecule has 3 rings (SSSR count). The van der Waals surface area contributed by atoms with Crippen molar-refractivity contribution in [3.05, 3.63) is 75.0 Å². The Morgan fingerprint density at radius 1 is 1.26 bits per heavy atom. The van der Waals surface area contributed by atoms with Crippen molar-refractivity contribution in [1.29, 1.82) is 0 Å². The quantitative estimate of drug-likeness (QED) is 0.128. The van der Waals surface area contributed by atoms with Gasteiger partial charge in [-0.3, -0.25) is 14.7 Å². The minimum Gasteiger partial charge on any atom is -0.494 e. The molecule has 0 spiro atoms. The lowest BCUT2D eigenvalue weighted by Crippen LogP contribution is -2.12. The first-order valence-corrected chi connectivity index (χ1v) is 12.1. The maximum atomic E-state index is 11.5. The van der Waals surface area contributed by atoms with E-state index >= 15 is 0 Å². The average Bonchev–Trinajstić information content (AvgIpc) is 3.17. The van der Waals surface area contributed by atoms with E-state index in [0.29, 0.717) is 45.7 Å². The van der Waals surface area contributed by atoms with Crippen LogP contribution in [-0.2, 0) is 0 Å². The predicted molar refractivity (Wildman–Crippen MR) is 134 cm³/mol. The van der Waals surface area contributed by atoms with Crippen LogP contribution in [0.3, 0.4) is 0 Å². The van der Waals surface area contributed by atoms with E-state index < -0.39 is 5.25 Å². The van der Waals surface area contributed by atoms with Crippen molar-refractivity contribution in [2.75, 3.05) is 26.9 Å². The lowest BCUT2D eigenvalue weighted by Gasteiger charge is -2.18. The van der Waals surface area contributed by atoms with Crippen LogP contribution in [-0.4, -0.2) is 46.6 Å². The number of nitrogens with zero attached hydrogens (tertiary/aromatic N) is 4. The van der Waals surface area contributed by atoms with E-state index in [1.54, 1.807) is 18.2 Å². The van der Waals surface area contributed by atoms with Crippen LogP contribution in [0.25, 0.3) is 5.69 Å². The Labute approximate surface area is 210 Å². The Kier molecular flexibility index (Phi) is 8.94. The van der Waals surface area contributed by atoms with Crippen molar-refractivity contribution in [2.24, 2.45) is 0 Å². The zero-order valence-corrected chi connectivity index (χ0v) is 21.5. The Bertz CT molecular complexity index is 1150. The van der Waals surface area contributed by atoms with Crippen molar-refractivity contribution in [2.45, 2.75) is 24.3 Å². The van der Waals surface area contributed by atoms with Gasteiger partial charge in [-0.25, -0.2) is 0 Å². The van der Waals surface area contributed by atoms with Gasteiger partial charge in [-0.15, -0.1) is 10.2 Å². The molecular weight excluding hydrogens is 524 g/mol. The molecule has 0 bridgehead atoms. The molecule has 34 heavy (non-hydrogen) atoms. The molecule has 2 aromatic carbocycles. The van der Waals surface area contributed by atoms with E-state index in [4.69, 9.17) is 14.2 Å². The van der Waals surface area contributed by atoms with Crippen LogP contribution >= 0.6 is 27.7 Å². The summed E-state index contributed by atoms with van der Waals surface area (Å²) in [6, 6.07) is 11.1. The summed E-state index contributed by atoms with van der Waals surface area (Å²) in [6.07, 6.45) is 1.63. The first-order chi connectivity index (χ1) is 16.4. The lowest BCUT2D eigenvalue weighted by atomic mass is 10.1.